The molecular weight excluding hydrogens is 407 g/mol. The van der Waals surface area contributed by atoms with Crippen molar-refractivity contribution in [3.63, 3.8) is 0 Å². The minimum absolute atomic E-state index is 0.110. The minimum atomic E-state index is -5.08. The summed E-state index contributed by atoms with van der Waals surface area (Å²) in [5.41, 5.74) is 2.21. The third kappa shape index (κ3) is 4.94. The van der Waals surface area contributed by atoms with Crippen molar-refractivity contribution in [3.05, 3.63) is 46.9 Å². The number of carbonyl (C=O) groups is 2. The first-order chi connectivity index (χ1) is 13.7. The van der Waals surface area contributed by atoms with Crippen molar-refractivity contribution in [2.24, 2.45) is 5.41 Å². The van der Waals surface area contributed by atoms with Crippen LogP contribution in [0.3, 0.4) is 0 Å². The van der Waals surface area contributed by atoms with E-state index in [1.807, 2.05) is 17.0 Å². The van der Waals surface area contributed by atoms with Crippen LogP contribution in [-0.4, -0.2) is 52.7 Å². The van der Waals surface area contributed by atoms with Gasteiger partial charge in [0, 0.05) is 19.3 Å². The van der Waals surface area contributed by atoms with Crippen LogP contribution >= 0.6 is 11.3 Å². The lowest BCUT2D eigenvalue weighted by molar-refractivity contribution is -0.192. The lowest BCUT2D eigenvalue weighted by Gasteiger charge is -2.52. The predicted molar refractivity (Wildman–Crippen MR) is 102 cm³/mol. The van der Waals surface area contributed by atoms with E-state index in [1.165, 1.54) is 5.56 Å². The largest absolute Gasteiger partial charge is 0.490 e. The number of β-lactam (4-membered cyclic amide) rings is 1. The Morgan fingerprint density at radius 1 is 1.28 bits per heavy atom. The molecule has 2 aliphatic heterocycles. The Bertz CT molecular complexity index is 835. The van der Waals surface area contributed by atoms with E-state index >= 15 is 0 Å². The Kier molecular flexibility index (Phi) is 6.23. The van der Waals surface area contributed by atoms with E-state index in [-0.39, 0.29) is 11.3 Å². The van der Waals surface area contributed by atoms with Crippen molar-refractivity contribution < 1.29 is 27.9 Å². The van der Waals surface area contributed by atoms with Crippen LogP contribution in [0.25, 0.3) is 0 Å². The highest BCUT2D eigenvalue weighted by Gasteiger charge is 2.53. The first-order valence-electron chi connectivity index (χ1n) is 8.97. The molecule has 1 N–H and O–H groups in total. The van der Waals surface area contributed by atoms with Crippen LogP contribution in [0.5, 0.6) is 0 Å². The molecule has 1 amide bonds. The van der Waals surface area contributed by atoms with Gasteiger partial charge in [0.1, 0.15) is 0 Å². The smallest absolute Gasteiger partial charge is 0.475 e. The second-order valence-corrected chi connectivity index (χ2v) is 7.87. The summed E-state index contributed by atoms with van der Waals surface area (Å²) < 4.78 is 31.7. The van der Waals surface area contributed by atoms with Crippen LogP contribution in [0.2, 0.25) is 0 Å². The standard InChI is InChI=1S/C17H19N3OS.C2HF3O2/c21-16-17(13-20(16)15-2-1-6-18-10-15)4-7-19(8-5-17)11-14-3-9-22-12-14;3-2(4,5)1(6)7/h1-3,6,9-10,12H,4-5,7-8,11,13H2;(H,6,7). The van der Waals surface area contributed by atoms with E-state index in [4.69, 9.17) is 9.90 Å². The summed E-state index contributed by atoms with van der Waals surface area (Å²) >= 11 is 1.75. The summed E-state index contributed by atoms with van der Waals surface area (Å²) in [5, 5.41) is 11.5. The zero-order chi connectivity index (χ0) is 21.1. The van der Waals surface area contributed by atoms with E-state index in [9.17, 15) is 18.0 Å². The Labute approximate surface area is 169 Å². The zero-order valence-electron chi connectivity index (χ0n) is 15.4. The van der Waals surface area contributed by atoms with Crippen LogP contribution in [-0.2, 0) is 16.1 Å². The number of likely N-dealkylation sites (tertiary alicyclic amines) is 1. The van der Waals surface area contributed by atoms with Crippen molar-refractivity contribution in [1.82, 2.24) is 9.88 Å². The van der Waals surface area contributed by atoms with Gasteiger partial charge in [-0.05, 0) is 60.5 Å². The van der Waals surface area contributed by atoms with Gasteiger partial charge in [0.25, 0.3) is 0 Å². The number of alkyl halides is 3. The molecule has 2 fully saturated rings. The molecule has 0 unspecified atom stereocenters. The molecule has 0 aliphatic carbocycles. The lowest BCUT2D eigenvalue weighted by atomic mass is 9.71. The van der Waals surface area contributed by atoms with Crippen molar-refractivity contribution >= 4 is 28.9 Å². The maximum atomic E-state index is 12.6. The van der Waals surface area contributed by atoms with Gasteiger partial charge in [0.05, 0.1) is 17.3 Å². The molecule has 29 heavy (non-hydrogen) atoms. The van der Waals surface area contributed by atoms with E-state index < -0.39 is 12.1 Å². The Morgan fingerprint density at radius 3 is 2.45 bits per heavy atom. The molecule has 156 valence electrons. The van der Waals surface area contributed by atoms with Crippen LogP contribution in [0.15, 0.2) is 41.4 Å². The van der Waals surface area contributed by atoms with Crippen LogP contribution in [0.4, 0.5) is 18.9 Å². The Morgan fingerprint density at radius 2 is 1.97 bits per heavy atom. The summed E-state index contributed by atoms with van der Waals surface area (Å²) in [6.07, 6.45) is 0.391. The van der Waals surface area contributed by atoms with Gasteiger partial charge < -0.3 is 10.0 Å². The number of carbonyl (C=O) groups excluding carboxylic acids is 1. The molecule has 0 saturated carbocycles. The van der Waals surface area contributed by atoms with Crippen molar-refractivity contribution in [2.75, 3.05) is 24.5 Å². The number of piperidine rings is 1. The molecule has 0 radical (unpaired) electrons. The van der Waals surface area contributed by atoms with Gasteiger partial charge in [-0.25, -0.2) is 4.79 Å². The highest BCUT2D eigenvalue weighted by atomic mass is 32.1. The second kappa shape index (κ2) is 8.50. The maximum Gasteiger partial charge on any atom is 0.490 e. The molecule has 0 bridgehead atoms. The molecule has 2 aromatic rings. The number of aliphatic carboxylic acids is 1. The summed E-state index contributed by atoms with van der Waals surface area (Å²) in [5.74, 6) is -2.47. The van der Waals surface area contributed by atoms with Gasteiger partial charge in [-0.1, -0.05) is 0 Å². The molecule has 1 spiro atoms. The van der Waals surface area contributed by atoms with Gasteiger partial charge in [-0.3, -0.25) is 14.7 Å². The number of carboxylic acid groups (broad SMARTS) is 1. The lowest BCUT2D eigenvalue weighted by Crippen LogP contribution is -2.65. The van der Waals surface area contributed by atoms with Gasteiger partial charge in [0.15, 0.2) is 0 Å². The van der Waals surface area contributed by atoms with Gasteiger partial charge in [-0.15, -0.1) is 0 Å². The monoisotopic (exact) mass is 427 g/mol. The first kappa shape index (κ1) is 21.3. The fourth-order valence-corrected chi connectivity index (χ4v) is 4.17. The number of anilines is 1. The minimum Gasteiger partial charge on any atom is -0.475 e. The highest BCUT2D eigenvalue weighted by Crippen LogP contribution is 2.43. The number of carboxylic acids is 1. The summed E-state index contributed by atoms with van der Waals surface area (Å²) in [6.45, 7) is 3.90. The molecule has 4 rings (SSSR count). The zero-order valence-corrected chi connectivity index (χ0v) is 16.2. The fraction of sp³-hybridized carbons (Fsp3) is 0.421. The SMILES string of the molecule is O=C(O)C(F)(F)F.O=C1N(c2cccnc2)CC12CCN(Cc1ccsc1)CC2. The topological polar surface area (TPSA) is 73.7 Å². The number of rotatable bonds is 3. The number of halogens is 3. The molecule has 0 atom stereocenters. The van der Waals surface area contributed by atoms with E-state index in [1.54, 1.807) is 23.7 Å². The number of aromatic nitrogens is 1. The third-order valence-corrected chi connectivity index (χ3v) is 5.89. The Balaban J connectivity index is 0.000000298. The summed E-state index contributed by atoms with van der Waals surface area (Å²) in [6, 6.07) is 6.04. The summed E-state index contributed by atoms with van der Waals surface area (Å²) in [7, 11) is 0. The van der Waals surface area contributed by atoms with Crippen LogP contribution in [0, 0.1) is 5.41 Å². The fourth-order valence-electron chi connectivity index (χ4n) is 3.51. The number of hydrogen-bond acceptors (Lipinski definition) is 5. The molecule has 0 aromatic carbocycles. The molecular formula is C19H20F3N3O3S. The molecule has 4 heterocycles. The quantitative estimate of drug-likeness (QED) is 0.760. The molecule has 6 nitrogen and oxygen atoms in total. The van der Waals surface area contributed by atoms with Crippen LogP contribution < -0.4 is 4.90 Å². The highest BCUT2D eigenvalue weighted by molar-refractivity contribution is 7.07. The first-order valence-corrected chi connectivity index (χ1v) is 9.91. The van der Waals surface area contributed by atoms with E-state index in [2.05, 4.69) is 26.7 Å². The molecule has 2 aromatic heterocycles. The normalized spacial score (nSPS) is 18.7. The molecule has 2 aliphatic rings. The maximum absolute atomic E-state index is 12.6. The average Bonchev–Trinajstić information content (AvgIpc) is 3.20. The average molecular weight is 427 g/mol. The number of amides is 1. The number of thiophene rings is 1. The molecule has 10 heteroatoms. The number of nitrogens with zero attached hydrogens (tertiary/aromatic N) is 3. The number of hydrogen-bond donors (Lipinski definition) is 1. The van der Waals surface area contributed by atoms with Crippen molar-refractivity contribution in [2.45, 2.75) is 25.6 Å². The third-order valence-electron chi connectivity index (χ3n) is 5.16. The summed E-state index contributed by atoms with van der Waals surface area (Å²) in [4.78, 5) is 30.0. The second-order valence-electron chi connectivity index (χ2n) is 7.09. The van der Waals surface area contributed by atoms with Crippen molar-refractivity contribution in [1.29, 1.82) is 0 Å². The predicted octanol–water partition coefficient (Wildman–Crippen LogP) is 3.41. The van der Waals surface area contributed by atoms with Crippen molar-refractivity contribution in [3.8, 4) is 0 Å². The van der Waals surface area contributed by atoms with Crippen LogP contribution in [0.1, 0.15) is 18.4 Å². The van der Waals surface area contributed by atoms with Gasteiger partial charge >= 0.3 is 12.1 Å². The van der Waals surface area contributed by atoms with E-state index in [0.717, 1.165) is 44.7 Å². The van der Waals surface area contributed by atoms with Gasteiger partial charge in [0.2, 0.25) is 5.91 Å². The van der Waals surface area contributed by atoms with E-state index in [0.29, 0.717) is 0 Å². The van der Waals surface area contributed by atoms with Gasteiger partial charge in [-0.2, -0.15) is 24.5 Å². The Hall–Kier alpha value is -2.46. The molecule has 2 saturated heterocycles. The number of pyridine rings is 1.